The number of urea groups is 1. The Labute approximate surface area is 152 Å². The van der Waals surface area contributed by atoms with Crippen LogP contribution in [-0.2, 0) is 16.4 Å². The Morgan fingerprint density at radius 1 is 1.27 bits per heavy atom. The maximum atomic E-state index is 13.3. The molecule has 0 bridgehead atoms. The second-order valence-corrected chi connectivity index (χ2v) is 9.09. The monoisotopic (exact) mass is 389 g/mol. The maximum Gasteiger partial charge on any atom is 0.315 e. The first-order chi connectivity index (χ1) is 12.1. The van der Waals surface area contributed by atoms with Crippen LogP contribution in [0.25, 0.3) is 0 Å². The highest BCUT2D eigenvalue weighted by Gasteiger charge is 2.22. The van der Waals surface area contributed by atoms with Crippen LogP contribution < -0.4 is 10.6 Å². The molecule has 1 aliphatic heterocycles. The van der Waals surface area contributed by atoms with Gasteiger partial charge in [0.2, 0.25) is 0 Å². The number of halogens is 2. The average molecular weight is 389 g/mol. The van der Waals surface area contributed by atoms with Crippen LogP contribution in [0.4, 0.5) is 13.6 Å². The van der Waals surface area contributed by atoms with Crippen molar-refractivity contribution < 1.29 is 22.0 Å². The highest BCUT2D eigenvalue weighted by molar-refractivity contribution is 7.90. The summed E-state index contributed by atoms with van der Waals surface area (Å²) < 4.78 is 48.7. The summed E-state index contributed by atoms with van der Waals surface area (Å²) in [6, 6.07) is 3.07. The van der Waals surface area contributed by atoms with Gasteiger partial charge in [-0.05, 0) is 37.5 Å². The number of hydrogen-bond acceptors (Lipinski definition) is 4. The molecular formula is C17H25F2N3O3S. The lowest BCUT2D eigenvalue weighted by Crippen LogP contribution is -2.50. The van der Waals surface area contributed by atoms with Crippen molar-refractivity contribution in [2.24, 2.45) is 0 Å². The molecule has 0 spiro atoms. The second kappa shape index (κ2) is 8.77. The van der Waals surface area contributed by atoms with Crippen LogP contribution in [0.5, 0.6) is 0 Å². The fourth-order valence-corrected chi connectivity index (χ4v) is 4.07. The Balaban J connectivity index is 1.74. The van der Waals surface area contributed by atoms with E-state index in [1.165, 1.54) is 6.07 Å². The molecule has 146 valence electrons. The first kappa shape index (κ1) is 20.6. The van der Waals surface area contributed by atoms with Crippen molar-refractivity contribution in [3.63, 3.8) is 0 Å². The molecule has 6 nitrogen and oxygen atoms in total. The van der Waals surface area contributed by atoms with Gasteiger partial charge in [0, 0.05) is 38.0 Å². The minimum Gasteiger partial charge on any atom is -0.335 e. The molecule has 0 aromatic heterocycles. The average Bonchev–Trinajstić information content (AvgIpc) is 2.51. The number of nitrogens with one attached hydrogen (secondary N) is 2. The SMILES string of the molecule is CC(CS(C)(=O)=O)NC(=O)NC1CCN(Cc2ccc(F)c(F)c2)CC1. The van der Waals surface area contributed by atoms with E-state index in [1.54, 1.807) is 13.0 Å². The topological polar surface area (TPSA) is 78.5 Å². The van der Waals surface area contributed by atoms with E-state index >= 15 is 0 Å². The van der Waals surface area contributed by atoms with Crippen molar-refractivity contribution >= 4 is 15.9 Å². The Morgan fingerprint density at radius 3 is 2.50 bits per heavy atom. The van der Waals surface area contributed by atoms with Crippen LogP contribution in [0.2, 0.25) is 0 Å². The standard InChI is InChI=1S/C17H25F2N3O3S/c1-12(11-26(2,24)25)20-17(23)21-14-5-7-22(8-6-14)10-13-3-4-15(18)16(19)9-13/h3-4,9,12,14H,5-8,10-11H2,1-2H3,(H2,20,21,23). The molecule has 1 heterocycles. The highest BCUT2D eigenvalue weighted by atomic mass is 32.2. The number of piperidine rings is 1. The lowest BCUT2D eigenvalue weighted by atomic mass is 10.0. The van der Waals surface area contributed by atoms with Crippen LogP contribution in [0.1, 0.15) is 25.3 Å². The van der Waals surface area contributed by atoms with Crippen LogP contribution in [-0.4, -0.2) is 56.5 Å². The zero-order chi connectivity index (χ0) is 19.3. The van der Waals surface area contributed by atoms with Gasteiger partial charge in [0.05, 0.1) is 5.75 Å². The number of benzene rings is 1. The molecule has 2 amide bonds. The largest absolute Gasteiger partial charge is 0.335 e. The predicted octanol–water partition coefficient (Wildman–Crippen LogP) is 1.66. The fraction of sp³-hybridized carbons (Fsp3) is 0.588. The number of carbonyl (C=O) groups is 1. The number of likely N-dealkylation sites (tertiary alicyclic amines) is 1. The van der Waals surface area contributed by atoms with Crippen LogP contribution in [0, 0.1) is 11.6 Å². The predicted molar refractivity (Wildman–Crippen MR) is 95.5 cm³/mol. The number of sulfone groups is 1. The van der Waals surface area contributed by atoms with Gasteiger partial charge < -0.3 is 10.6 Å². The zero-order valence-electron chi connectivity index (χ0n) is 15.0. The van der Waals surface area contributed by atoms with E-state index < -0.39 is 27.5 Å². The summed E-state index contributed by atoms with van der Waals surface area (Å²) in [5, 5.41) is 5.48. The summed E-state index contributed by atoms with van der Waals surface area (Å²) in [7, 11) is -3.14. The van der Waals surface area contributed by atoms with Crippen LogP contribution in [0.15, 0.2) is 18.2 Å². The smallest absolute Gasteiger partial charge is 0.315 e. The maximum absolute atomic E-state index is 13.3. The Hall–Kier alpha value is -1.74. The van der Waals surface area contributed by atoms with Gasteiger partial charge in [0.1, 0.15) is 9.84 Å². The summed E-state index contributed by atoms with van der Waals surface area (Å²) in [5.41, 5.74) is 0.711. The lowest BCUT2D eigenvalue weighted by Gasteiger charge is -2.32. The lowest BCUT2D eigenvalue weighted by molar-refractivity contribution is 0.186. The minimum atomic E-state index is -3.14. The van der Waals surface area contributed by atoms with E-state index in [9.17, 15) is 22.0 Å². The second-order valence-electron chi connectivity index (χ2n) is 6.91. The van der Waals surface area contributed by atoms with E-state index in [-0.39, 0.29) is 17.8 Å². The molecule has 2 rings (SSSR count). The van der Waals surface area contributed by atoms with E-state index in [4.69, 9.17) is 0 Å². The van der Waals surface area contributed by atoms with Gasteiger partial charge in [0.25, 0.3) is 0 Å². The van der Waals surface area contributed by atoms with E-state index in [0.29, 0.717) is 12.1 Å². The van der Waals surface area contributed by atoms with Gasteiger partial charge >= 0.3 is 6.03 Å². The number of nitrogens with zero attached hydrogens (tertiary/aromatic N) is 1. The van der Waals surface area contributed by atoms with E-state index in [1.807, 2.05) is 0 Å². The first-order valence-corrected chi connectivity index (χ1v) is 10.6. The van der Waals surface area contributed by atoms with Gasteiger partial charge in [-0.3, -0.25) is 4.90 Å². The van der Waals surface area contributed by atoms with E-state index in [2.05, 4.69) is 15.5 Å². The summed E-state index contributed by atoms with van der Waals surface area (Å²) in [5.74, 6) is -1.81. The first-order valence-electron chi connectivity index (χ1n) is 8.53. The molecular weight excluding hydrogens is 364 g/mol. The Morgan fingerprint density at radius 2 is 1.92 bits per heavy atom. The van der Waals surface area contributed by atoms with Crippen LogP contribution >= 0.6 is 0 Å². The Bertz CT molecular complexity index is 735. The quantitative estimate of drug-likeness (QED) is 0.776. The zero-order valence-corrected chi connectivity index (χ0v) is 15.8. The summed E-state index contributed by atoms with van der Waals surface area (Å²) in [6.45, 7) is 3.62. The van der Waals surface area contributed by atoms with Crippen molar-refractivity contribution in [1.82, 2.24) is 15.5 Å². The van der Waals surface area contributed by atoms with Crippen LogP contribution in [0.3, 0.4) is 0 Å². The fourth-order valence-electron chi connectivity index (χ4n) is 3.08. The third-order valence-corrected chi connectivity index (χ3v) is 5.35. The van der Waals surface area contributed by atoms with Gasteiger partial charge in [-0.25, -0.2) is 22.0 Å². The summed E-state index contributed by atoms with van der Waals surface area (Å²) in [6.07, 6.45) is 2.60. The molecule has 1 aliphatic rings. The highest BCUT2D eigenvalue weighted by Crippen LogP contribution is 2.15. The van der Waals surface area contributed by atoms with Crippen molar-refractivity contribution in [2.45, 2.75) is 38.4 Å². The molecule has 1 unspecified atom stereocenters. The number of carbonyl (C=O) groups excluding carboxylic acids is 1. The minimum absolute atomic E-state index is 0.00152. The number of rotatable bonds is 6. The summed E-state index contributed by atoms with van der Waals surface area (Å²) >= 11 is 0. The van der Waals surface area contributed by atoms with Crippen molar-refractivity contribution in [3.05, 3.63) is 35.4 Å². The van der Waals surface area contributed by atoms with Gasteiger partial charge in [-0.1, -0.05) is 6.07 Å². The summed E-state index contributed by atoms with van der Waals surface area (Å²) in [4.78, 5) is 14.1. The molecule has 1 fully saturated rings. The Kier molecular flexibility index (Phi) is 6.94. The third-order valence-electron chi connectivity index (χ3n) is 4.24. The molecule has 2 N–H and O–H groups in total. The van der Waals surface area contributed by atoms with Gasteiger partial charge in [-0.15, -0.1) is 0 Å². The third kappa shape index (κ3) is 6.87. The van der Waals surface area contributed by atoms with Crippen molar-refractivity contribution in [2.75, 3.05) is 25.1 Å². The normalized spacial score (nSPS) is 17.7. The molecule has 1 atom stereocenters. The molecule has 1 saturated heterocycles. The molecule has 1 aromatic carbocycles. The van der Waals surface area contributed by atoms with E-state index in [0.717, 1.165) is 38.3 Å². The van der Waals surface area contributed by atoms with Gasteiger partial charge in [-0.2, -0.15) is 0 Å². The molecule has 9 heteroatoms. The molecule has 26 heavy (non-hydrogen) atoms. The number of hydrogen-bond donors (Lipinski definition) is 2. The molecule has 1 aromatic rings. The number of amides is 2. The molecule has 0 radical (unpaired) electrons. The van der Waals surface area contributed by atoms with Crippen molar-refractivity contribution in [1.29, 1.82) is 0 Å². The molecule has 0 aliphatic carbocycles. The van der Waals surface area contributed by atoms with Crippen molar-refractivity contribution in [3.8, 4) is 0 Å². The van der Waals surface area contributed by atoms with Gasteiger partial charge in [0.15, 0.2) is 11.6 Å². The molecule has 0 saturated carbocycles.